The van der Waals surface area contributed by atoms with E-state index < -0.39 is 6.10 Å². The van der Waals surface area contributed by atoms with Gasteiger partial charge in [-0.3, -0.25) is 0 Å². The van der Waals surface area contributed by atoms with Gasteiger partial charge in [0.2, 0.25) is 0 Å². The molecule has 0 fully saturated rings. The molecule has 17 heavy (non-hydrogen) atoms. The topological polar surface area (TPSA) is 50.7 Å². The van der Waals surface area contributed by atoms with E-state index in [4.69, 9.17) is 9.47 Å². The first kappa shape index (κ1) is 16.6. The predicted octanol–water partition coefficient (Wildman–Crippen LogP) is 1.35. The average Bonchev–Trinajstić information content (AvgIpc) is 2.33. The highest BCUT2D eigenvalue weighted by atomic mass is 16.5. The standard InChI is InChI=1S/C13H27NO3/c1-3-5-7-14-11-13(15)12-17-10-9-16-8-6-4-2/h3,13-15H,1,4-12H2,2H3. The van der Waals surface area contributed by atoms with Crippen LogP contribution >= 0.6 is 0 Å². The van der Waals surface area contributed by atoms with Crippen molar-refractivity contribution in [2.24, 2.45) is 0 Å². The number of hydrogen-bond acceptors (Lipinski definition) is 4. The highest BCUT2D eigenvalue weighted by molar-refractivity contribution is 4.68. The first-order valence-corrected chi connectivity index (χ1v) is 6.46. The summed E-state index contributed by atoms with van der Waals surface area (Å²) < 4.78 is 10.6. The molecule has 0 aromatic carbocycles. The quantitative estimate of drug-likeness (QED) is 0.380. The molecule has 4 heteroatoms. The van der Waals surface area contributed by atoms with Crippen LogP contribution in [-0.4, -0.2) is 50.7 Å². The summed E-state index contributed by atoms with van der Waals surface area (Å²) in [7, 11) is 0. The summed E-state index contributed by atoms with van der Waals surface area (Å²) in [6, 6.07) is 0. The molecule has 0 saturated carbocycles. The van der Waals surface area contributed by atoms with Gasteiger partial charge in [0, 0.05) is 13.2 Å². The van der Waals surface area contributed by atoms with Crippen LogP contribution in [0.2, 0.25) is 0 Å². The molecule has 0 rings (SSSR count). The lowest BCUT2D eigenvalue weighted by Crippen LogP contribution is -2.31. The smallest absolute Gasteiger partial charge is 0.0897 e. The third kappa shape index (κ3) is 13.5. The summed E-state index contributed by atoms with van der Waals surface area (Å²) >= 11 is 0. The highest BCUT2D eigenvalue weighted by Gasteiger charge is 2.02. The molecule has 0 saturated heterocycles. The summed E-state index contributed by atoms with van der Waals surface area (Å²) in [6.07, 6.45) is 4.56. The maximum atomic E-state index is 9.54. The third-order valence-corrected chi connectivity index (χ3v) is 2.23. The Morgan fingerprint density at radius 1 is 1.29 bits per heavy atom. The van der Waals surface area contributed by atoms with Gasteiger partial charge in [-0.1, -0.05) is 19.4 Å². The first-order chi connectivity index (χ1) is 8.31. The lowest BCUT2D eigenvalue weighted by Gasteiger charge is -2.12. The van der Waals surface area contributed by atoms with Gasteiger partial charge >= 0.3 is 0 Å². The lowest BCUT2D eigenvalue weighted by molar-refractivity contribution is 0.00402. The Morgan fingerprint density at radius 3 is 2.76 bits per heavy atom. The lowest BCUT2D eigenvalue weighted by atomic mass is 10.3. The number of nitrogens with one attached hydrogen (secondary N) is 1. The molecule has 0 aromatic heterocycles. The minimum atomic E-state index is -0.449. The van der Waals surface area contributed by atoms with E-state index in [1.807, 2.05) is 6.08 Å². The number of hydrogen-bond donors (Lipinski definition) is 2. The van der Waals surface area contributed by atoms with Crippen LogP contribution in [0.5, 0.6) is 0 Å². The van der Waals surface area contributed by atoms with E-state index in [0.717, 1.165) is 32.4 Å². The largest absolute Gasteiger partial charge is 0.389 e. The van der Waals surface area contributed by atoms with Crippen molar-refractivity contribution in [1.82, 2.24) is 5.32 Å². The van der Waals surface area contributed by atoms with E-state index in [9.17, 15) is 5.11 Å². The Kier molecular flexibility index (Phi) is 13.3. The van der Waals surface area contributed by atoms with Crippen molar-refractivity contribution >= 4 is 0 Å². The maximum absolute atomic E-state index is 9.54. The number of unbranched alkanes of at least 4 members (excludes halogenated alkanes) is 1. The summed E-state index contributed by atoms with van der Waals surface area (Å²) in [6.45, 7) is 9.48. The molecule has 4 nitrogen and oxygen atoms in total. The SMILES string of the molecule is C=CCCNCC(O)COCCOCCCC. The monoisotopic (exact) mass is 245 g/mol. The van der Waals surface area contributed by atoms with E-state index in [1.165, 1.54) is 0 Å². The predicted molar refractivity (Wildman–Crippen MR) is 70.2 cm³/mol. The van der Waals surface area contributed by atoms with Crippen molar-refractivity contribution in [3.05, 3.63) is 12.7 Å². The second-order valence-electron chi connectivity index (χ2n) is 3.98. The molecule has 102 valence electrons. The molecule has 0 aromatic rings. The van der Waals surface area contributed by atoms with Crippen molar-refractivity contribution in [3.8, 4) is 0 Å². The molecule has 0 heterocycles. The molecule has 0 spiro atoms. The summed E-state index contributed by atoms with van der Waals surface area (Å²) in [5.41, 5.74) is 0. The van der Waals surface area contributed by atoms with Gasteiger partial charge in [-0.05, 0) is 19.4 Å². The minimum absolute atomic E-state index is 0.359. The van der Waals surface area contributed by atoms with Gasteiger partial charge in [0.25, 0.3) is 0 Å². The molecule has 1 unspecified atom stereocenters. The van der Waals surface area contributed by atoms with Crippen LogP contribution in [-0.2, 0) is 9.47 Å². The van der Waals surface area contributed by atoms with Gasteiger partial charge in [-0.2, -0.15) is 0 Å². The number of aliphatic hydroxyl groups is 1. The van der Waals surface area contributed by atoms with Crippen LogP contribution in [0.15, 0.2) is 12.7 Å². The van der Waals surface area contributed by atoms with Crippen molar-refractivity contribution in [2.75, 3.05) is 39.5 Å². The van der Waals surface area contributed by atoms with Crippen molar-refractivity contribution in [3.63, 3.8) is 0 Å². The molecule has 1 atom stereocenters. The summed E-state index contributed by atoms with van der Waals surface area (Å²) in [5.74, 6) is 0. The second-order valence-corrected chi connectivity index (χ2v) is 3.98. The molecule has 0 bridgehead atoms. The molecule has 0 aliphatic carbocycles. The fraction of sp³-hybridized carbons (Fsp3) is 0.846. The van der Waals surface area contributed by atoms with Gasteiger partial charge in [0.05, 0.1) is 25.9 Å². The van der Waals surface area contributed by atoms with Gasteiger partial charge < -0.3 is 19.9 Å². The third-order valence-electron chi connectivity index (χ3n) is 2.23. The van der Waals surface area contributed by atoms with Crippen molar-refractivity contribution < 1.29 is 14.6 Å². The molecular formula is C13H27NO3. The van der Waals surface area contributed by atoms with E-state index in [2.05, 4.69) is 18.8 Å². The van der Waals surface area contributed by atoms with Crippen LogP contribution in [0.3, 0.4) is 0 Å². The Balaban J connectivity index is 3.10. The number of ether oxygens (including phenoxy) is 2. The first-order valence-electron chi connectivity index (χ1n) is 6.46. The number of rotatable bonds is 13. The van der Waals surface area contributed by atoms with E-state index in [-0.39, 0.29) is 0 Å². The Morgan fingerprint density at radius 2 is 2.06 bits per heavy atom. The van der Waals surface area contributed by atoms with Crippen LogP contribution < -0.4 is 5.32 Å². The van der Waals surface area contributed by atoms with Gasteiger partial charge in [0.1, 0.15) is 0 Å². The Bertz CT molecular complexity index is 165. The zero-order valence-corrected chi connectivity index (χ0v) is 11.0. The maximum Gasteiger partial charge on any atom is 0.0897 e. The van der Waals surface area contributed by atoms with E-state index >= 15 is 0 Å². The summed E-state index contributed by atoms with van der Waals surface area (Å²) in [5, 5.41) is 12.7. The van der Waals surface area contributed by atoms with Crippen LogP contribution in [0.1, 0.15) is 26.2 Å². The minimum Gasteiger partial charge on any atom is -0.389 e. The normalized spacial score (nSPS) is 12.6. The molecule has 0 amide bonds. The van der Waals surface area contributed by atoms with E-state index in [0.29, 0.717) is 26.4 Å². The van der Waals surface area contributed by atoms with Gasteiger partial charge in [-0.25, -0.2) is 0 Å². The van der Waals surface area contributed by atoms with E-state index in [1.54, 1.807) is 0 Å². The van der Waals surface area contributed by atoms with Crippen LogP contribution in [0.4, 0.5) is 0 Å². The molecule has 2 N–H and O–H groups in total. The van der Waals surface area contributed by atoms with Crippen molar-refractivity contribution in [2.45, 2.75) is 32.3 Å². The zero-order valence-electron chi connectivity index (χ0n) is 11.0. The van der Waals surface area contributed by atoms with Crippen LogP contribution in [0, 0.1) is 0 Å². The Labute approximate surface area is 105 Å². The number of aliphatic hydroxyl groups excluding tert-OH is 1. The molecular weight excluding hydrogens is 218 g/mol. The molecule has 0 aliphatic heterocycles. The van der Waals surface area contributed by atoms with Crippen LogP contribution in [0.25, 0.3) is 0 Å². The van der Waals surface area contributed by atoms with Crippen molar-refractivity contribution in [1.29, 1.82) is 0 Å². The average molecular weight is 245 g/mol. The van der Waals surface area contributed by atoms with Gasteiger partial charge in [-0.15, -0.1) is 6.58 Å². The fourth-order valence-electron chi connectivity index (χ4n) is 1.22. The zero-order chi connectivity index (χ0) is 12.8. The Hall–Kier alpha value is -0.420. The fourth-order valence-corrected chi connectivity index (χ4v) is 1.22. The summed E-state index contributed by atoms with van der Waals surface area (Å²) in [4.78, 5) is 0. The van der Waals surface area contributed by atoms with Gasteiger partial charge in [0.15, 0.2) is 0 Å². The molecule has 0 aliphatic rings. The second kappa shape index (κ2) is 13.6. The highest BCUT2D eigenvalue weighted by Crippen LogP contribution is 1.89. The molecule has 0 radical (unpaired) electrons.